The van der Waals surface area contributed by atoms with E-state index < -0.39 is 38.7 Å². The smallest absolute Gasteiger partial charge is 0.269 e. The molecule has 1 N–H and O–H groups in total. The molecule has 0 saturated carbocycles. The number of carbonyl (C=O) groups excluding carboxylic acids is 1. The maximum absolute atomic E-state index is 14.2. The largest absolute Gasteiger partial charge is 0.435 e. The summed E-state index contributed by atoms with van der Waals surface area (Å²) in [5, 5.41) is 12.1. The number of aromatic nitrogens is 2. The number of pyridine rings is 1. The van der Waals surface area contributed by atoms with Gasteiger partial charge in [-0.25, -0.2) is 12.8 Å². The van der Waals surface area contributed by atoms with E-state index in [2.05, 4.69) is 10.3 Å². The molecule has 1 saturated heterocycles. The molecule has 0 aliphatic carbocycles. The fourth-order valence-electron chi connectivity index (χ4n) is 3.59. The number of halogens is 1. The molecular weight excluding hydrogens is 463 g/mol. The Bertz CT molecular complexity index is 1540. The maximum Gasteiger partial charge on any atom is 0.269 e. The van der Waals surface area contributed by atoms with Crippen molar-refractivity contribution >= 4 is 27.5 Å². The summed E-state index contributed by atoms with van der Waals surface area (Å²) in [5.41, 5.74) is -0.417. The molecule has 1 aliphatic heterocycles. The van der Waals surface area contributed by atoms with E-state index in [1.165, 1.54) is 34.9 Å². The third-order valence-electron chi connectivity index (χ3n) is 5.31. The lowest BCUT2D eigenvalue weighted by molar-refractivity contribution is -0.117. The third-order valence-corrected chi connectivity index (χ3v) is 7.08. The molecule has 0 bridgehead atoms. The summed E-state index contributed by atoms with van der Waals surface area (Å²) in [6.45, 7) is 1.73. The predicted octanol–water partition coefficient (Wildman–Crippen LogP) is 2.14. The van der Waals surface area contributed by atoms with Crippen LogP contribution in [0.15, 0.2) is 53.0 Å². The molecule has 4 rings (SSSR count). The van der Waals surface area contributed by atoms with Gasteiger partial charge in [0.2, 0.25) is 5.88 Å². The SMILES string of the molecule is Cc1cccn2c(=O)c(/C=C(\C#N)C(=O)NC3CCS(=O)(=O)C3)c(Oc3ccccc3F)nc12. The van der Waals surface area contributed by atoms with E-state index in [4.69, 9.17) is 4.74 Å². The number of benzene rings is 1. The van der Waals surface area contributed by atoms with Gasteiger partial charge in [-0.05, 0) is 43.2 Å². The van der Waals surface area contributed by atoms with Crippen molar-refractivity contribution in [3.8, 4) is 17.7 Å². The van der Waals surface area contributed by atoms with Gasteiger partial charge in [-0.3, -0.25) is 14.0 Å². The van der Waals surface area contributed by atoms with E-state index >= 15 is 0 Å². The highest BCUT2D eigenvalue weighted by Gasteiger charge is 2.30. The van der Waals surface area contributed by atoms with Crippen molar-refractivity contribution in [2.24, 2.45) is 0 Å². The van der Waals surface area contributed by atoms with Gasteiger partial charge < -0.3 is 10.1 Å². The molecule has 9 nitrogen and oxygen atoms in total. The zero-order valence-electron chi connectivity index (χ0n) is 18.0. The standard InChI is InChI=1S/C23H19FN4O5S/c1-14-5-4-9-28-20(14)27-22(33-19-7-3-2-6-18(19)24)17(23(28)30)11-15(12-25)21(29)26-16-8-10-34(31,32)13-16/h2-7,9,11,16H,8,10,13H2,1H3,(H,26,29)/b15-11+. The number of ether oxygens (including phenoxy) is 1. The first-order valence-corrected chi connectivity index (χ1v) is 12.1. The van der Waals surface area contributed by atoms with Crippen molar-refractivity contribution in [2.45, 2.75) is 19.4 Å². The van der Waals surface area contributed by atoms with E-state index in [0.29, 0.717) is 5.56 Å². The van der Waals surface area contributed by atoms with Gasteiger partial charge in [0, 0.05) is 12.2 Å². The van der Waals surface area contributed by atoms with E-state index in [9.17, 15) is 27.7 Å². The van der Waals surface area contributed by atoms with Crippen LogP contribution in [0.3, 0.4) is 0 Å². The molecule has 1 aliphatic rings. The molecule has 2 aromatic heterocycles. The van der Waals surface area contributed by atoms with Crippen LogP contribution in [-0.2, 0) is 14.6 Å². The van der Waals surface area contributed by atoms with Crippen molar-refractivity contribution in [1.82, 2.24) is 14.7 Å². The molecule has 1 unspecified atom stereocenters. The second-order valence-electron chi connectivity index (χ2n) is 7.80. The van der Waals surface area contributed by atoms with Crippen LogP contribution < -0.4 is 15.6 Å². The highest BCUT2D eigenvalue weighted by molar-refractivity contribution is 7.91. The van der Waals surface area contributed by atoms with Crippen molar-refractivity contribution in [2.75, 3.05) is 11.5 Å². The zero-order valence-corrected chi connectivity index (χ0v) is 18.8. The van der Waals surface area contributed by atoms with Crippen LogP contribution in [0.25, 0.3) is 11.7 Å². The lowest BCUT2D eigenvalue weighted by atomic mass is 10.1. The molecule has 3 heterocycles. The molecule has 1 atom stereocenters. The number of nitriles is 1. The lowest BCUT2D eigenvalue weighted by Gasteiger charge is -2.13. The molecule has 1 aromatic carbocycles. The van der Waals surface area contributed by atoms with Crippen LogP contribution in [0.4, 0.5) is 4.39 Å². The number of hydrogen-bond donors (Lipinski definition) is 1. The highest BCUT2D eigenvalue weighted by Crippen LogP contribution is 2.26. The Hall–Kier alpha value is -4.04. The topological polar surface area (TPSA) is 131 Å². The number of hydrogen-bond acceptors (Lipinski definition) is 7. The quantitative estimate of drug-likeness (QED) is 0.435. The van der Waals surface area contributed by atoms with Crippen LogP contribution in [-0.4, -0.2) is 41.3 Å². The van der Waals surface area contributed by atoms with Crippen LogP contribution in [0.5, 0.6) is 11.6 Å². The fourth-order valence-corrected chi connectivity index (χ4v) is 5.26. The first-order valence-electron chi connectivity index (χ1n) is 10.3. The maximum atomic E-state index is 14.2. The zero-order chi connectivity index (χ0) is 24.5. The van der Waals surface area contributed by atoms with Gasteiger partial charge in [-0.15, -0.1) is 0 Å². The summed E-state index contributed by atoms with van der Waals surface area (Å²) < 4.78 is 44.4. The average Bonchev–Trinajstić information content (AvgIpc) is 3.13. The van der Waals surface area contributed by atoms with E-state index in [1.807, 2.05) is 0 Å². The fraction of sp³-hybridized carbons (Fsp3) is 0.217. The molecule has 11 heteroatoms. The Morgan fingerprint density at radius 1 is 1.32 bits per heavy atom. The minimum atomic E-state index is -3.25. The number of nitrogens with zero attached hydrogens (tertiary/aromatic N) is 3. The number of carbonyl (C=O) groups is 1. The van der Waals surface area contributed by atoms with E-state index in [0.717, 1.165) is 6.08 Å². The molecule has 1 amide bonds. The summed E-state index contributed by atoms with van der Waals surface area (Å²) in [5.74, 6) is -2.28. The molecule has 0 spiro atoms. The number of rotatable bonds is 5. The Labute approximate surface area is 194 Å². The summed E-state index contributed by atoms with van der Waals surface area (Å²) in [7, 11) is -3.25. The molecule has 174 valence electrons. The number of aryl methyl sites for hydroxylation is 1. The Balaban J connectivity index is 1.81. The predicted molar refractivity (Wildman–Crippen MR) is 121 cm³/mol. The molecule has 3 aromatic rings. The summed E-state index contributed by atoms with van der Waals surface area (Å²) in [4.78, 5) is 30.3. The molecule has 1 fully saturated rings. The van der Waals surface area contributed by atoms with Crippen molar-refractivity contribution < 1.29 is 22.3 Å². The third kappa shape index (κ3) is 4.67. The second kappa shape index (κ2) is 9.07. The molecular formula is C23H19FN4O5S. The number of nitrogens with one attached hydrogen (secondary N) is 1. The number of amides is 1. The van der Waals surface area contributed by atoms with Gasteiger partial charge in [0.15, 0.2) is 21.4 Å². The van der Waals surface area contributed by atoms with Gasteiger partial charge in [0.25, 0.3) is 11.5 Å². The van der Waals surface area contributed by atoms with Crippen LogP contribution in [0.2, 0.25) is 0 Å². The van der Waals surface area contributed by atoms with Crippen molar-refractivity contribution in [3.05, 3.63) is 75.5 Å². The van der Waals surface area contributed by atoms with Gasteiger partial charge in [0.1, 0.15) is 22.9 Å². The Morgan fingerprint density at radius 2 is 2.09 bits per heavy atom. The Morgan fingerprint density at radius 3 is 2.76 bits per heavy atom. The molecule has 34 heavy (non-hydrogen) atoms. The van der Waals surface area contributed by atoms with Gasteiger partial charge in [0.05, 0.1) is 11.5 Å². The number of sulfone groups is 1. The summed E-state index contributed by atoms with van der Waals surface area (Å²) in [6.07, 6.45) is 2.71. The monoisotopic (exact) mass is 482 g/mol. The van der Waals surface area contributed by atoms with E-state index in [-0.39, 0.29) is 40.8 Å². The van der Waals surface area contributed by atoms with Crippen LogP contribution in [0, 0.1) is 24.1 Å². The van der Waals surface area contributed by atoms with Gasteiger partial charge in [-0.2, -0.15) is 10.2 Å². The second-order valence-corrected chi connectivity index (χ2v) is 10.0. The summed E-state index contributed by atoms with van der Waals surface area (Å²) >= 11 is 0. The van der Waals surface area contributed by atoms with Gasteiger partial charge in [-0.1, -0.05) is 18.2 Å². The molecule has 0 radical (unpaired) electrons. The summed E-state index contributed by atoms with van der Waals surface area (Å²) in [6, 6.07) is 9.99. The first kappa shape index (κ1) is 23.1. The minimum Gasteiger partial charge on any atom is -0.435 e. The first-order chi connectivity index (χ1) is 16.2. The normalized spacial score (nSPS) is 17.3. The van der Waals surface area contributed by atoms with Gasteiger partial charge >= 0.3 is 0 Å². The Kier molecular flexibility index (Phi) is 6.17. The average molecular weight is 482 g/mol. The van der Waals surface area contributed by atoms with Crippen LogP contribution >= 0.6 is 0 Å². The number of para-hydroxylation sites is 1. The highest BCUT2D eigenvalue weighted by atomic mass is 32.2. The minimum absolute atomic E-state index is 0.0561. The van der Waals surface area contributed by atoms with Crippen molar-refractivity contribution in [3.63, 3.8) is 0 Å². The van der Waals surface area contributed by atoms with E-state index in [1.54, 1.807) is 25.1 Å². The van der Waals surface area contributed by atoms with Crippen molar-refractivity contribution in [1.29, 1.82) is 5.26 Å². The number of fused-ring (bicyclic) bond motifs is 1. The lowest BCUT2D eigenvalue weighted by Crippen LogP contribution is -2.36. The van der Waals surface area contributed by atoms with Crippen LogP contribution in [0.1, 0.15) is 17.5 Å².